The van der Waals surface area contributed by atoms with Gasteiger partial charge in [-0.25, -0.2) is 4.79 Å². The fourth-order valence-corrected chi connectivity index (χ4v) is 1.24. The van der Waals surface area contributed by atoms with Crippen LogP contribution in [0.25, 0.3) is 0 Å². The van der Waals surface area contributed by atoms with E-state index in [9.17, 15) is 4.79 Å². The minimum Gasteiger partial charge on any atom is -0.478 e. The molecule has 0 atom stereocenters. The number of hydrogen-bond donors (Lipinski definition) is 1. The van der Waals surface area contributed by atoms with Gasteiger partial charge in [-0.2, -0.15) is 0 Å². The Morgan fingerprint density at radius 3 is 2.17 bits per heavy atom. The second-order valence-corrected chi connectivity index (χ2v) is 4.83. The Kier molecular flexibility index (Phi) is 6.19. The molecule has 0 aliphatic rings. The third-order valence-corrected chi connectivity index (χ3v) is 2.04. The SMILES string of the molecule is CC.Cc1cc(C#CC(C)(C)C)ccc1C(=O)O. The largest absolute Gasteiger partial charge is 0.478 e. The molecule has 1 rings (SSSR count). The van der Waals surface area contributed by atoms with Gasteiger partial charge in [-0.05, 0) is 51.5 Å². The van der Waals surface area contributed by atoms with E-state index in [4.69, 9.17) is 5.11 Å². The zero-order valence-corrected chi connectivity index (χ0v) is 12.1. The van der Waals surface area contributed by atoms with Crippen molar-refractivity contribution < 1.29 is 9.90 Å². The number of aromatic carboxylic acids is 1. The number of carbonyl (C=O) groups is 1. The summed E-state index contributed by atoms with van der Waals surface area (Å²) in [5.74, 6) is 5.27. The van der Waals surface area contributed by atoms with E-state index in [1.165, 1.54) is 0 Å². The summed E-state index contributed by atoms with van der Waals surface area (Å²) in [5.41, 5.74) is 1.89. The lowest BCUT2D eigenvalue weighted by molar-refractivity contribution is 0.0696. The first-order valence-electron chi connectivity index (χ1n) is 6.17. The van der Waals surface area contributed by atoms with Crippen molar-refractivity contribution in [2.45, 2.75) is 41.5 Å². The lowest BCUT2D eigenvalue weighted by Gasteiger charge is -2.07. The Morgan fingerprint density at radius 1 is 1.22 bits per heavy atom. The first-order chi connectivity index (χ1) is 8.29. The van der Waals surface area contributed by atoms with Crippen LogP contribution in [0.5, 0.6) is 0 Å². The molecule has 2 nitrogen and oxygen atoms in total. The summed E-state index contributed by atoms with van der Waals surface area (Å²) >= 11 is 0. The van der Waals surface area contributed by atoms with Gasteiger partial charge in [-0.15, -0.1) is 0 Å². The van der Waals surface area contributed by atoms with Gasteiger partial charge in [0, 0.05) is 11.0 Å². The minimum absolute atomic E-state index is 0.0423. The van der Waals surface area contributed by atoms with E-state index >= 15 is 0 Å². The van der Waals surface area contributed by atoms with Crippen LogP contribution in [0.4, 0.5) is 0 Å². The number of benzene rings is 1. The van der Waals surface area contributed by atoms with Crippen molar-refractivity contribution in [1.29, 1.82) is 0 Å². The highest BCUT2D eigenvalue weighted by atomic mass is 16.4. The van der Waals surface area contributed by atoms with Crippen molar-refractivity contribution in [3.05, 3.63) is 34.9 Å². The number of aryl methyl sites for hydroxylation is 1. The van der Waals surface area contributed by atoms with Gasteiger partial charge in [0.25, 0.3) is 0 Å². The topological polar surface area (TPSA) is 37.3 Å². The Labute approximate surface area is 110 Å². The monoisotopic (exact) mass is 246 g/mol. The van der Waals surface area contributed by atoms with Crippen molar-refractivity contribution in [1.82, 2.24) is 0 Å². The molecule has 0 aliphatic heterocycles. The van der Waals surface area contributed by atoms with Crippen molar-refractivity contribution in [3.63, 3.8) is 0 Å². The summed E-state index contributed by atoms with van der Waals surface area (Å²) in [7, 11) is 0. The summed E-state index contributed by atoms with van der Waals surface area (Å²) in [4.78, 5) is 10.8. The van der Waals surface area contributed by atoms with Gasteiger partial charge in [0.1, 0.15) is 0 Å². The zero-order chi connectivity index (χ0) is 14.3. The molecular formula is C16H22O2. The molecule has 0 aromatic heterocycles. The molecule has 0 saturated heterocycles. The number of hydrogen-bond acceptors (Lipinski definition) is 1. The number of carboxylic acids is 1. The van der Waals surface area contributed by atoms with Gasteiger partial charge >= 0.3 is 5.97 Å². The molecule has 0 heterocycles. The average Bonchev–Trinajstić information content (AvgIpc) is 2.28. The molecule has 1 N–H and O–H groups in total. The van der Waals surface area contributed by atoms with Gasteiger partial charge < -0.3 is 5.11 Å². The van der Waals surface area contributed by atoms with Crippen LogP contribution in [0.15, 0.2) is 18.2 Å². The number of carboxylic acid groups (broad SMARTS) is 1. The van der Waals surface area contributed by atoms with Crippen LogP contribution in [0.2, 0.25) is 0 Å². The molecule has 18 heavy (non-hydrogen) atoms. The highest BCUT2D eigenvalue weighted by Crippen LogP contribution is 2.13. The second-order valence-electron chi connectivity index (χ2n) is 4.83. The maximum Gasteiger partial charge on any atom is 0.335 e. The fraction of sp³-hybridized carbons (Fsp3) is 0.438. The molecule has 0 bridgehead atoms. The van der Waals surface area contributed by atoms with Gasteiger partial charge in [-0.1, -0.05) is 25.7 Å². The summed E-state index contributed by atoms with van der Waals surface area (Å²) in [6, 6.07) is 5.15. The van der Waals surface area contributed by atoms with E-state index in [0.717, 1.165) is 11.1 Å². The normalized spacial score (nSPS) is 9.67. The quantitative estimate of drug-likeness (QED) is 0.757. The molecule has 1 aromatic rings. The van der Waals surface area contributed by atoms with E-state index in [2.05, 4.69) is 11.8 Å². The molecule has 0 unspecified atom stereocenters. The average molecular weight is 246 g/mol. The Balaban J connectivity index is 0.00000137. The maximum atomic E-state index is 10.8. The Bertz CT molecular complexity index is 468. The zero-order valence-electron chi connectivity index (χ0n) is 12.1. The van der Waals surface area contributed by atoms with E-state index < -0.39 is 5.97 Å². The summed E-state index contributed by atoms with van der Waals surface area (Å²) in [5, 5.41) is 8.88. The molecule has 0 spiro atoms. The van der Waals surface area contributed by atoms with Gasteiger partial charge in [0.2, 0.25) is 0 Å². The molecule has 98 valence electrons. The van der Waals surface area contributed by atoms with Crippen LogP contribution < -0.4 is 0 Å². The van der Waals surface area contributed by atoms with Gasteiger partial charge in [-0.3, -0.25) is 0 Å². The van der Waals surface area contributed by atoms with Crippen LogP contribution >= 0.6 is 0 Å². The van der Waals surface area contributed by atoms with Gasteiger partial charge in [0.05, 0.1) is 5.56 Å². The van der Waals surface area contributed by atoms with Crippen molar-refractivity contribution in [2.75, 3.05) is 0 Å². The first kappa shape index (κ1) is 16.2. The fourth-order valence-electron chi connectivity index (χ4n) is 1.24. The van der Waals surface area contributed by atoms with E-state index in [-0.39, 0.29) is 5.41 Å². The molecule has 0 radical (unpaired) electrons. The Hall–Kier alpha value is -1.75. The van der Waals surface area contributed by atoms with Crippen LogP contribution in [-0.2, 0) is 0 Å². The molecular weight excluding hydrogens is 224 g/mol. The molecule has 1 aromatic carbocycles. The van der Waals surface area contributed by atoms with E-state index in [1.807, 2.05) is 40.7 Å². The van der Waals surface area contributed by atoms with Crippen LogP contribution in [0.1, 0.15) is 56.1 Å². The van der Waals surface area contributed by atoms with E-state index in [1.54, 1.807) is 19.1 Å². The highest BCUT2D eigenvalue weighted by Gasteiger charge is 2.07. The summed E-state index contributed by atoms with van der Waals surface area (Å²) in [6.07, 6.45) is 0. The van der Waals surface area contributed by atoms with E-state index in [0.29, 0.717) is 5.56 Å². The lowest BCUT2D eigenvalue weighted by atomic mass is 9.97. The summed E-state index contributed by atoms with van der Waals surface area (Å²) < 4.78 is 0. The van der Waals surface area contributed by atoms with Gasteiger partial charge in [0.15, 0.2) is 0 Å². The minimum atomic E-state index is -0.896. The molecule has 0 amide bonds. The van der Waals surface area contributed by atoms with Crippen molar-refractivity contribution in [2.24, 2.45) is 5.41 Å². The predicted molar refractivity (Wildman–Crippen MR) is 75.8 cm³/mol. The molecule has 0 saturated carbocycles. The highest BCUT2D eigenvalue weighted by molar-refractivity contribution is 5.89. The van der Waals surface area contributed by atoms with Crippen LogP contribution in [0.3, 0.4) is 0 Å². The Morgan fingerprint density at radius 2 is 1.78 bits per heavy atom. The third kappa shape index (κ3) is 5.54. The standard InChI is InChI=1S/C14H16O2.C2H6/c1-10-9-11(7-8-14(2,3)4)5-6-12(10)13(15)16;1-2/h5-6,9H,1-4H3,(H,15,16);1-2H3. The predicted octanol–water partition coefficient (Wildman–Crippen LogP) is 4.12. The number of rotatable bonds is 1. The third-order valence-electron chi connectivity index (χ3n) is 2.04. The molecule has 0 aliphatic carbocycles. The van der Waals surface area contributed by atoms with Crippen molar-refractivity contribution in [3.8, 4) is 11.8 Å². The molecule has 0 fully saturated rings. The molecule has 2 heteroatoms. The first-order valence-corrected chi connectivity index (χ1v) is 6.17. The maximum absolute atomic E-state index is 10.8. The van der Waals surface area contributed by atoms with Crippen molar-refractivity contribution >= 4 is 5.97 Å². The van der Waals surface area contributed by atoms with Crippen LogP contribution in [0, 0.1) is 24.2 Å². The second kappa shape index (κ2) is 6.86. The van der Waals surface area contributed by atoms with Crippen LogP contribution in [-0.4, -0.2) is 11.1 Å². The smallest absolute Gasteiger partial charge is 0.335 e. The summed E-state index contributed by atoms with van der Waals surface area (Å²) in [6.45, 7) is 11.9. The lowest BCUT2D eigenvalue weighted by Crippen LogP contribution is -2.01.